The van der Waals surface area contributed by atoms with Gasteiger partial charge in [0.2, 0.25) is 11.6 Å². The first kappa shape index (κ1) is 17.5. The summed E-state index contributed by atoms with van der Waals surface area (Å²) < 4.78 is 40.9. The highest BCUT2D eigenvalue weighted by atomic mass is 19.2. The topological polar surface area (TPSA) is 63.5 Å². The first-order valence-electron chi connectivity index (χ1n) is 7.01. The van der Waals surface area contributed by atoms with Gasteiger partial charge in [0.15, 0.2) is 5.82 Å². The minimum absolute atomic E-state index is 0.0996. The van der Waals surface area contributed by atoms with Crippen LogP contribution in [0.1, 0.15) is 22.8 Å². The van der Waals surface area contributed by atoms with Crippen molar-refractivity contribution in [3.05, 3.63) is 75.1 Å². The lowest BCUT2D eigenvalue weighted by Gasteiger charge is -2.21. The molecule has 2 rings (SSSR count). The molecule has 8 heteroatoms. The standard InChI is InChI=1S/C16H13F3N2O3/c1-2-20(9-10-6-4-3-5-7-10)16(22)11-8-12(21(23)24)14(18)15(19)13(11)17/h3-8H,2,9H2,1H3. The molecule has 5 nitrogen and oxygen atoms in total. The SMILES string of the molecule is CCN(Cc1ccccc1)C(=O)c1cc([N+](=O)[O-])c(F)c(F)c1F. The van der Waals surface area contributed by atoms with Gasteiger partial charge in [-0.05, 0) is 12.5 Å². The van der Waals surface area contributed by atoms with E-state index >= 15 is 0 Å². The molecule has 0 bridgehead atoms. The second-order valence-electron chi connectivity index (χ2n) is 4.95. The summed E-state index contributed by atoms with van der Waals surface area (Å²) in [5.41, 5.74) is -1.42. The van der Waals surface area contributed by atoms with E-state index in [9.17, 15) is 28.1 Å². The molecule has 0 heterocycles. The molecule has 0 atom stereocenters. The van der Waals surface area contributed by atoms with E-state index < -0.39 is 39.5 Å². The predicted octanol–water partition coefficient (Wildman–Crippen LogP) is 3.67. The largest absolute Gasteiger partial charge is 0.335 e. The molecule has 0 aliphatic rings. The van der Waals surface area contributed by atoms with E-state index in [0.717, 1.165) is 5.56 Å². The average Bonchev–Trinajstić information content (AvgIpc) is 2.58. The molecular formula is C16H13F3N2O3. The first-order chi connectivity index (χ1) is 11.4. The molecule has 0 aliphatic heterocycles. The summed E-state index contributed by atoms with van der Waals surface area (Å²) >= 11 is 0. The second kappa shape index (κ2) is 7.12. The van der Waals surface area contributed by atoms with Crippen molar-refractivity contribution in [1.82, 2.24) is 4.90 Å². The third-order valence-corrected chi connectivity index (χ3v) is 3.44. The summed E-state index contributed by atoms with van der Waals surface area (Å²) in [4.78, 5) is 23.1. The molecule has 0 N–H and O–H groups in total. The maximum absolute atomic E-state index is 13.9. The second-order valence-corrected chi connectivity index (χ2v) is 4.95. The van der Waals surface area contributed by atoms with Crippen LogP contribution in [0.15, 0.2) is 36.4 Å². The van der Waals surface area contributed by atoms with Gasteiger partial charge >= 0.3 is 5.69 Å². The van der Waals surface area contributed by atoms with Gasteiger partial charge in [-0.2, -0.15) is 4.39 Å². The van der Waals surface area contributed by atoms with E-state index in [4.69, 9.17) is 0 Å². The fraction of sp³-hybridized carbons (Fsp3) is 0.188. The summed E-state index contributed by atoms with van der Waals surface area (Å²) in [5, 5.41) is 10.7. The van der Waals surface area contributed by atoms with E-state index in [1.54, 1.807) is 37.3 Å². The van der Waals surface area contributed by atoms with Crippen LogP contribution in [0.3, 0.4) is 0 Å². The molecular weight excluding hydrogens is 325 g/mol. The number of nitro groups is 1. The summed E-state index contributed by atoms with van der Waals surface area (Å²) in [6, 6.07) is 9.16. The van der Waals surface area contributed by atoms with E-state index in [1.165, 1.54) is 4.90 Å². The molecule has 0 fully saturated rings. The smallest absolute Gasteiger partial charge is 0.308 e. The summed E-state index contributed by atoms with van der Waals surface area (Å²) in [6.07, 6.45) is 0. The van der Waals surface area contributed by atoms with Crippen molar-refractivity contribution in [2.75, 3.05) is 6.54 Å². The number of halogens is 3. The minimum Gasteiger partial charge on any atom is -0.335 e. The first-order valence-corrected chi connectivity index (χ1v) is 7.01. The number of hydrogen-bond donors (Lipinski definition) is 0. The molecule has 0 unspecified atom stereocenters. The Balaban J connectivity index is 2.42. The lowest BCUT2D eigenvalue weighted by molar-refractivity contribution is -0.387. The fourth-order valence-electron chi connectivity index (χ4n) is 2.18. The molecule has 0 radical (unpaired) electrons. The molecule has 2 aromatic carbocycles. The number of amides is 1. The third kappa shape index (κ3) is 3.37. The molecule has 0 saturated heterocycles. The van der Waals surface area contributed by atoms with Gasteiger partial charge in [0, 0.05) is 19.2 Å². The molecule has 126 valence electrons. The van der Waals surface area contributed by atoms with Crippen molar-refractivity contribution in [1.29, 1.82) is 0 Å². The number of carbonyl (C=O) groups is 1. The van der Waals surface area contributed by atoms with Crippen molar-refractivity contribution >= 4 is 11.6 Å². The van der Waals surface area contributed by atoms with E-state index in [-0.39, 0.29) is 13.1 Å². The molecule has 0 aliphatic carbocycles. The number of hydrogen-bond acceptors (Lipinski definition) is 3. The number of nitrogens with zero attached hydrogens (tertiary/aromatic N) is 2. The minimum atomic E-state index is -2.04. The van der Waals surface area contributed by atoms with Crippen LogP contribution in [0, 0.1) is 27.6 Å². The molecule has 24 heavy (non-hydrogen) atoms. The fourth-order valence-corrected chi connectivity index (χ4v) is 2.18. The van der Waals surface area contributed by atoms with Crippen molar-refractivity contribution in [3.8, 4) is 0 Å². The van der Waals surface area contributed by atoms with Crippen LogP contribution in [-0.4, -0.2) is 22.3 Å². The summed E-state index contributed by atoms with van der Waals surface area (Å²) in [7, 11) is 0. The Morgan fingerprint density at radius 3 is 2.29 bits per heavy atom. The molecule has 0 aromatic heterocycles. The van der Waals surface area contributed by atoms with Gasteiger partial charge in [-0.25, -0.2) is 8.78 Å². The normalized spacial score (nSPS) is 10.5. The zero-order valence-corrected chi connectivity index (χ0v) is 12.6. The zero-order valence-electron chi connectivity index (χ0n) is 12.6. The number of rotatable bonds is 5. The molecule has 0 spiro atoms. The third-order valence-electron chi connectivity index (χ3n) is 3.44. The average molecular weight is 338 g/mol. The maximum atomic E-state index is 13.9. The van der Waals surface area contributed by atoms with E-state index in [0.29, 0.717) is 6.07 Å². The molecule has 0 saturated carbocycles. The Hall–Kier alpha value is -2.90. The quantitative estimate of drug-likeness (QED) is 0.475. The van der Waals surface area contributed by atoms with Gasteiger partial charge < -0.3 is 4.90 Å². The Morgan fingerprint density at radius 1 is 1.12 bits per heavy atom. The zero-order chi connectivity index (χ0) is 17.9. The maximum Gasteiger partial charge on any atom is 0.308 e. The number of nitro benzene ring substituents is 1. The molecule has 2 aromatic rings. The van der Waals surface area contributed by atoms with Crippen LogP contribution in [0.5, 0.6) is 0 Å². The Kier molecular flexibility index (Phi) is 5.18. The Bertz CT molecular complexity index is 782. The van der Waals surface area contributed by atoms with Crippen LogP contribution in [0.25, 0.3) is 0 Å². The summed E-state index contributed by atoms with van der Waals surface area (Å²) in [5.74, 6) is -6.67. The van der Waals surface area contributed by atoms with Crippen LogP contribution in [0.2, 0.25) is 0 Å². The molecule has 1 amide bonds. The highest BCUT2D eigenvalue weighted by Crippen LogP contribution is 2.26. The Morgan fingerprint density at radius 2 is 1.75 bits per heavy atom. The van der Waals surface area contributed by atoms with Gasteiger partial charge in [-0.15, -0.1) is 0 Å². The van der Waals surface area contributed by atoms with Crippen molar-refractivity contribution in [2.45, 2.75) is 13.5 Å². The highest BCUT2D eigenvalue weighted by molar-refractivity contribution is 5.95. The van der Waals surface area contributed by atoms with Crippen LogP contribution in [0.4, 0.5) is 18.9 Å². The highest BCUT2D eigenvalue weighted by Gasteiger charge is 2.30. The predicted molar refractivity (Wildman–Crippen MR) is 79.8 cm³/mol. The van der Waals surface area contributed by atoms with E-state index in [2.05, 4.69) is 0 Å². The monoisotopic (exact) mass is 338 g/mol. The lowest BCUT2D eigenvalue weighted by atomic mass is 10.1. The Labute approximate surface area is 135 Å². The van der Waals surface area contributed by atoms with E-state index in [1.807, 2.05) is 0 Å². The lowest BCUT2D eigenvalue weighted by Crippen LogP contribution is -2.31. The van der Waals surface area contributed by atoms with Crippen molar-refractivity contribution < 1.29 is 22.9 Å². The number of benzene rings is 2. The van der Waals surface area contributed by atoms with Gasteiger partial charge in [-0.3, -0.25) is 14.9 Å². The van der Waals surface area contributed by atoms with Gasteiger partial charge in [0.25, 0.3) is 5.91 Å². The van der Waals surface area contributed by atoms with Crippen molar-refractivity contribution in [2.24, 2.45) is 0 Å². The van der Waals surface area contributed by atoms with Crippen LogP contribution < -0.4 is 0 Å². The number of carbonyl (C=O) groups excluding carboxylic acids is 1. The van der Waals surface area contributed by atoms with Gasteiger partial charge in [0.1, 0.15) is 0 Å². The van der Waals surface area contributed by atoms with Crippen molar-refractivity contribution in [3.63, 3.8) is 0 Å². The van der Waals surface area contributed by atoms with Gasteiger partial charge in [0.05, 0.1) is 10.5 Å². The van der Waals surface area contributed by atoms with Crippen LogP contribution in [-0.2, 0) is 6.54 Å². The summed E-state index contributed by atoms with van der Waals surface area (Å²) in [6.45, 7) is 1.87. The van der Waals surface area contributed by atoms with Crippen LogP contribution >= 0.6 is 0 Å². The van der Waals surface area contributed by atoms with Gasteiger partial charge in [-0.1, -0.05) is 30.3 Å².